The van der Waals surface area contributed by atoms with Crippen molar-refractivity contribution in [3.63, 3.8) is 0 Å². The van der Waals surface area contributed by atoms with E-state index >= 15 is 0 Å². The second kappa shape index (κ2) is 10.2. The van der Waals surface area contributed by atoms with E-state index in [4.69, 9.17) is 4.74 Å². The highest BCUT2D eigenvalue weighted by Gasteiger charge is 2.37. The molecular formula is C29H34N6O4S. The molecule has 1 aromatic carbocycles. The first-order valence-corrected chi connectivity index (χ1v) is 14.7. The molecule has 10 nitrogen and oxygen atoms in total. The molecule has 1 saturated heterocycles. The van der Waals surface area contributed by atoms with Gasteiger partial charge in [-0.1, -0.05) is 17.7 Å². The number of aromatic nitrogens is 4. The van der Waals surface area contributed by atoms with Crippen molar-refractivity contribution in [1.82, 2.24) is 23.8 Å². The topological polar surface area (TPSA) is 111 Å². The number of anilines is 1. The first-order valence-electron chi connectivity index (χ1n) is 13.2. The molecule has 2 atom stereocenters. The molecule has 1 amide bonds. The summed E-state index contributed by atoms with van der Waals surface area (Å²) in [5.74, 6) is 0.609. The minimum absolute atomic E-state index is 0.121. The minimum atomic E-state index is -3.96. The Morgan fingerprint density at radius 1 is 0.975 bits per heavy atom. The van der Waals surface area contributed by atoms with Gasteiger partial charge in [-0.2, -0.15) is 0 Å². The number of benzene rings is 1. The van der Waals surface area contributed by atoms with Crippen molar-refractivity contribution in [2.45, 2.75) is 64.1 Å². The summed E-state index contributed by atoms with van der Waals surface area (Å²) in [6.07, 6.45) is 5.99. The number of hydrogen-bond donors (Lipinski definition) is 0. The Kier molecular flexibility index (Phi) is 7.03. The van der Waals surface area contributed by atoms with Crippen LogP contribution in [0.2, 0.25) is 0 Å². The molecule has 3 aromatic heterocycles. The van der Waals surface area contributed by atoms with Crippen LogP contribution < -0.4 is 4.90 Å². The molecule has 4 aromatic rings. The minimum Gasteiger partial charge on any atom is -0.444 e. The summed E-state index contributed by atoms with van der Waals surface area (Å²) < 4.78 is 34.6. The van der Waals surface area contributed by atoms with Crippen LogP contribution in [0.3, 0.4) is 0 Å². The lowest BCUT2D eigenvalue weighted by atomic mass is 10.0. The highest BCUT2D eigenvalue weighted by atomic mass is 32.2. The average molecular weight is 563 g/mol. The predicted molar refractivity (Wildman–Crippen MR) is 154 cm³/mol. The molecule has 4 heterocycles. The lowest BCUT2D eigenvalue weighted by Crippen LogP contribution is -2.59. The van der Waals surface area contributed by atoms with Crippen LogP contribution in [0.5, 0.6) is 0 Å². The van der Waals surface area contributed by atoms with Gasteiger partial charge in [-0.15, -0.1) is 0 Å². The van der Waals surface area contributed by atoms with E-state index in [2.05, 4.69) is 19.9 Å². The van der Waals surface area contributed by atoms with Crippen LogP contribution in [0.4, 0.5) is 10.6 Å². The number of amides is 1. The SMILES string of the molecule is Cc1ccc(S(=O)(=O)n2cc(-c3ccncc3)c3c(N4C[C@@H](C)N(C(=O)OC(C)(C)C)C[C@@H]4C)ncnc32)cc1. The van der Waals surface area contributed by atoms with E-state index in [-0.39, 0.29) is 28.7 Å². The van der Waals surface area contributed by atoms with Crippen LogP contribution >= 0.6 is 0 Å². The Labute approximate surface area is 234 Å². The van der Waals surface area contributed by atoms with Gasteiger partial charge in [0.2, 0.25) is 0 Å². The van der Waals surface area contributed by atoms with Crippen LogP contribution in [0.25, 0.3) is 22.2 Å². The third-order valence-electron chi connectivity index (χ3n) is 6.99. The number of carbonyl (C=O) groups excluding carboxylic acids is 1. The molecule has 0 N–H and O–H groups in total. The number of carbonyl (C=O) groups is 1. The van der Waals surface area contributed by atoms with Crippen molar-refractivity contribution in [2.24, 2.45) is 0 Å². The number of rotatable bonds is 4. The fourth-order valence-electron chi connectivity index (χ4n) is 4.99. The van der Waals surface area contributed by atoms with E-state index in [0.717, 1.165) is 11.1 Å². The van der Waals surface area contributed by atoms with Gasteiger partial charge in [0.05, 0.1) is 10.3 Å². The van der Waals surface area contributed by atoms with Crippen LogP contribution in [0.1, 0.15) is 40.2 Å². The maximum Gasteiger partial charge on any atom is 0.410 e. The van der Waals surface area contributed by atoms with Gasteiger partial charge in [0.1, 0.15) is 17.7 Å². The summed E-state index contributed by atoms with van der Waals surface area (Å²) in [6, 6.07) is 10.1. The molecule has 11 heteroatoms. The Bertz CT molecular complexity index is 1650. The number of ether oxygens (including phenoxy) is 1. The summed E-state index contributed by atoms with van der Waals surface area (Å²) in [4.78, 5) is 30.2. The van der Waals surface area contributed by atoms with Crippen molar-refractivity contribution < 1.29 is 17.9 Å². The maximum absolute atomic E-state index is 13.9. The van der Waals surface area contributed by atoms with Crippen LogP contribution in [-0.2, 0) is 14.8 Å². The largest absolute Gasteiger partial charge is 0.444 e. The van der Waals surface area contributed by atoms with Gasteiger partial charge >= 0.3 is 6.09 Å². The van der Waals surface area contributed by atoms with Crippen molar-refractivity contribution in [3.05, 3.63) is 66.9 Å². The Morgan fingerprint density at radius 3 is 2.30 bits per heavy atom. The molecule has 210 valence electrons. The van der Waals surface area contributed by atoms with Gasteiger partial charge < -0.3 is 14.5 Å². The third-order valence-corrected chi connectivity index (χ3v) is 8.65. The zero-order valence-corrected chi connectivity index (χ0v) is 24.4. The Hall–Kier alpha value is -3.99. The number of fused-ring (bicyclic) bond motifs is 1. The van der Waals surface area contributed by atoms with E-state index < -0.39 is 15.6 Å². The average Bonchev–Trinajstić information content (AvgIpc) is 3.30. The lowest BCUT2D eigenvalue weighted by molar-refractivity contribution is 0.0130. The van der Waals surface area contributed by atoms with Gasteiger partial charge in [0, 0.05) is 49.3 Å². The molecule has 1 aliphatic rings. The molecule has 0 bridgehead atoms. The smallest absolute Gasteiger partial charge is 0.410 e. The van der Waals surface area contributed by atoms with Crippen molar-refractivity contribution in [3.8, 4) is 11.1 Å². The fourth-order valence-corrected chi connectivity index (χ4v) is 6.31. The van der Waals surface area contributed by atoms with Gasteiger partial charge in [-0.25, -0.2) is 27.2 Å². The van der Waals surface area contributed by atoms with Crippen molar-refractivity contribution in [1.29, 1.82) is 0 Å². The van der Waals surface area contributed by atoms with E-state index in [1.165, 1.54) is 10.3 Å². The summed E-state index contributed by atoms with van der Waals surface area (Å²) in [5.41, 5.74) is 2.13. The zero-order valence-electron chi connectivity index (χ0n) is 23.6. The normalized spacial score (nSPS) is 18.2. The molecule has 0 radical (unpaired) electrons. The number of nitrogens with zero attached hydrogens (tertiary/aromatic N) is 6. The van der Waals surface area contributed by atoms with E-state index in [1.54, 1.807) is 47.8 Å². The molecule has 5 rings (SSSR count). The molecule has 1 aliphatic heterocycles. The summed E-state index contributed by atoms with van der Waals surface area (Å²) in [7, 11) is -3.96. The Balaban J connectivity index is 1.63. The predicted octanol–water partition coefficient (Wildman–Crippen LogP) is 4.87. The molecule has 40 heavy (non-hydrogen) atoms. The van der Waals surface area contributed by atoms with E-state index in [1.807, 2.05) is 53.7 Å². The molecular weight excluding hydrogens is 528 g/mol. The van der Waals surface area contributed by atoms with E-state index in [9.17, 15) is 13.2 Å². The second-order valence-electron chi connectivity index (χ2n) is 11.3. The zero-order chi connectivity index (χ0) is 28.8. The number of aryl methyl sites for hydroxylation is 1. The van der Waals surface area contributed by atoms with Gasteiger partial charge in [0.25, 0.3) is 10.0 Å². The van der Waals surface area contributed by atoms with Crippen LogP contribution in [0, 0.1) is 6.92 Å². The van der Waals surface area contributed by atoms with Crippen LogP contribution in [-0.4, -0.2) is 69.1 Å². The van der Waals surface area contributed by atoms with Crippen molar-refractivity contribution in [2.75, 3.05) is 18.0 Å². The number of pyridine rings is 1. The van der Waals surface area contributed by atoms with Gasteiger partial charge in [0.15, 0.2) is 5.65 Å². The summed E-state index contributed by atoms with van der Waals surface area (Å²) in [5, 5.41) is 0.620. The highest BCUT2D eigenvalue weighted by molar-refractivity contribution is 7.90. The van der Waals surface area contributed by atoms with E-state index in [0.29, 0.717) is 29.9 Å². The first kappa shape index (κ1) is 27.6. The monoisotopic (exact) mass is 562 g/mol. The number of piperazine rings is 1. The molecule has 0 spiro atoms. The third kappa shape index (κ3) is 5.13. The quantitative estimate of drug-likeness (QED) is 0.346. The molecule has 0 aliphatic carbocycles. The molecule has 0 saturated carbocycles. The van der Waals surface area contributed by atoms with Crippen molar-refractivity contribution >= 4 is 33.0 Å². The maximum atomic E-state index is 13.9. The number of hydrogen-bond acceptors (Lipinski definition) is 8. The first-order chi connectivity index (χ1) is 18.9. The fraction of sp³-hybridized carbons (Fsp3) is 0.379. The molecule has 1 fully saturated rings. The molecule has 0 unspecified atom stereocenters. The van der Waals surface area contributed by atoms with Crippen LogP contribution in [0.15, 0.2) is 66.2 Å². The standard InChI is InChI=1S/C29H34N6O4S/c1-19-7-9-23(10-8-19)40(37,38)35-17-24(22-11-13-30-14-12-22)25-26(31-18-32-27(25)35)33-15-21(3)34(16-20(33)2)28(36)39-29(4,5)6/h7-14,17-18,20-21H,15-16H2,1-6H3/t20-,21+/m0/s1. The summed E-state index contributed by atoms with van der Waals surface area (Å²) >= 11 is 0. The second-order valence-corrected chi connectivity index (χ2v) is 13.1. The Morgan fingerprint density at radius 2 is 1.65 bits per heavy atom. The van der Waals surface area contributed by atoms with Gasteiger partial charge in [-0.05, 0) is 71.4 Å². The van der Waals surface area contributed by atoms with Gasteiger partial charge in [-0.3, -0.25) is 4.98 Å². The highest BCUT2D eigenvalue weighted by Crippen LogP contribution is 2.38. The lowest BCUT2D eigenvalue weighted by Gasteiger charge is -2.44. The summed E-state index contributed by atoms with van der Waals surface area (Å²) in [6.45, 7) is 12.4.